The highest BCUT2D eigenvalue weighted by atomic mass is 35.5. The molecule has 0 bridgehead atoms. The molecule has 5 heteroatoms. The average molecular weight is 247 g/mol. The second-order valence-corrected chi connectivity index (χ2v) is 4.13. The first kappa shape index (κ1) is 12.8. The fraction of sp³-hybridized carbons (Fsp3) is 0.364. The topological polar surface area (TPSA) is 46.5 Å². The zero-order valence-corrected chi connectivity index (χ0v) is 9.66. The third-order valence-corrected chi connectivity index (χ3v) is 2.23. The normalized spacial score (nSPS) is 12.6. The van der Waals surface area contributed by atoms with Crippen molar-refractivity contribution in [3.05, 3.63) is 29.0 Å². The van der Waals surface area contributed by atoms with E-state index in [4.69, 9.17) is 21.4 Å². The van der Waals surface area contributed by atoms with Crippen molar-refractivity contribution in [2.45, 2.75) is 20.0 Å². The Hall–Kier alpha value is -1.29. The van der Waals surface area contributed by atoms with Crippen LogP contribution >= 0.6 is 11.6 Å². The number of rotatable bonds is 4. The zero-order valence-electron chi connectivity index (χ0n) is 8.91. The first-order valence-corrected chi connectivity index (χ1v) is 5.14. The molecule has 1 aromatic carbocycles. The number of hydrogen-bond donors (Lipinski definition) is 1. The van der Waals surface area contributed by atoms with Crippen LogP contribution in [0.5, 0.6) is 5.75 Å². The molecule has 3 nitrogen and oxygen atoms in total. The van der Waals surface area contributed by atoms with Crippen molar-refractivity contribution >= 4 is 17.6 Å². The van der Waals surface area contributed by atoms with Crippen molar-refractivity contribution in [1.29, 1.82) is 0 Å². The van der Waals surface area contributed by atoms with Gasteiger partial charge in [0.2, 0.25) is 0 Å². The summed E-state index contributed by atoms with van der Waals surface area (Å²) >= 11 is 5.57. The maximum absolute atomic E-state index is 13.3. The van der Waals surface area contributed by atoms with Crippen LogP contribution < -0.4 is 4.74 Å². The summed E-state index contributed by atoms with van der Waals surface area (Å²) in [5, 5.41) is 9.11. The van der Waals surface area contributed by atoms with Crippen molar-refractivity contribution in [3.63, 3.8) is 0 Å². The molecule has 0 saturated heterocycles. The molecule has 0 aliphatic carbocycles. The van der Waals surface area contributed by atoms with E-state index in [9.17, 15) is 9.18 Å². The summed E-state index contributed by atoms with van der Waals surface area (Å²) in [5.41, 5.74) is 0. The smallest absolute Gasteiger partial charge is 0.345 e. The largest absolute Gasteiger partial charge is 0.478 e. The van der Waals surface area contributed by atoms with Gasteiger partial charge in [0.15, 0.2) is 17.7 Å². The highest BCUT2D eigenvalue weighted by Crippen LogP contribution is 2.23. The summed E-state index contributed by atoms with van der Waals surface area (Å²) in [6, 6.07) is 3.84. The Kier molecular flexibility index (Phi) is 4.12. The van der Waals surface area contributed by atoms with Gasteiger partial charge in [-0.3, -0.25) is 0 Å². The summed E-state index contributed by atoms with van der Waals surface area (Å²) in [6.45, 7) is 3.37. The van der Waals surface area contributed by atoms with E-state index in [1.807, 2.05) is 0 Å². The lowest BCUT2D eigenvalue weighted by Gasteiger charge is -2.18. The van der Waals surface area contributed by atoms with Crippen molar-refractivity contribution in [3.8, 4) is 5.75 Å². The first-order chi connectivity index (χ1) is 7.41. The Morgan fingerprint density at radius 2 is 2.12 bits per heavy atom. The van der Waals surface area contributed by atoms with E-state index in [2.05, 4.69) is 0 Å². The lowest BCUT2D eigenvalue weighted by Crippen LogP contribution is -2.32. The number of carbonyl (C=O) groups is 1. The van der Waals surface area contributed by atoms with Gasteiger partial charge < -0.3 is 9.84 Å². The summed E-state index contributed by atoms with van der Waals surface area (Å²) in [7, 11) is 0. The van der Waals surface area contributed by atoms with Gasteiger partial charge in [0.25, 0.3) is 0 Å². The van der Waals surface area contributed by atoms with Crippen LogP contribution in [0.2, 0.25) is 5.02 Å². The third kappa shape index (κ3) is 3.10. The fourth-order valence-corrected chi connectivity index (χ4v) is 1.34. The standard InChI is InChI=1S/C11H12ClFO3/c1-6(2)10(11(14)15)16-9-4-3-7(12)5-8(9)13/h3-6,10H,1-2H3,(H,14,15)/t10-/m0/s1. The van der Waals surface area contributed by atoms with Crippen molar-refractivity contribution < 1.29 is 19.0 Å². The second kappa shape index (κ2) is 5.16. The molecule has 1 rings (SSSR count). The Morgan fingerprint density at radius 1 is 1.50 bits per heavy atom. The van der Waals surface area contributed by atoms with E-state index in [0.29, 0.717) is 0 Å². The van der Waals surface area contributed by atoms with Crippen molar-refractivity contribution in [2.24, 2.45) is 5.92 Å². The molecule has 1 aromatic rings. The minimum atomic E-state index is -1.12. The number of aliphatic carboxylic acids is 1. The zero-order chi connectivity index (χ0) is 12.3. The Balaban J connectivity index is 2.90. The van der Waals surface area contributed by atoms with Gasteiger partial charge in [-0.2, -0.15) is 0 Å². The Morgan fingerprint density at radius 3 is 2.56 bits per heavy atom. The van der Waals surface area contributed by atoms with Gasteiger partial charge >= 0.3 is 5.97 Å². The first-order valence-electron chi connectivity index (χ1n) is 4.76. The SMILES string of the molecule is CC(C)[C@H](Oc1ccc(Cl)cc1F)C(=O)O. The molecule has 0 saturated carbocycles. The number of carboxylic acids is 1. The highest BCUT2D eigenvalue weighted by Gasteiger charge is 2.24. The molecule has 1 N–H and O–H groups in total. The van der Waals surface area contributed by atoms with Gasteiger partial charge in [-0.1, -0.05) is 25.4 Å². The van der Waals surface area contributed by atoms with Crippen LogP contribution in [0.15, 0.2) is 18.2 Å². The predicted molar refractivity (Wildman–Crippen MR) is 58.3 cm³/mol. The molecule has 0 aliphatic rings. The molecule has 88 valence electrons. The predicted octanol–water partition coefficient (Wildman–Crippen LogP) is 2.97. The molecule has 0 heterocycles. The summed E-state index contributed by atoms with van der Waals surface area (Å²) < 4.78 is 18.4. The highest BCUT2D eigenvalue weighted by molar-refractivity contribution is 6.30. The summed E-state index contributed by atoms with van der Waals surface area (Å²) in [4.78, 5) is 10.9. The third-order valence-electron chi connectivity index (χ3n) is 2.00. The molecule has 0 spiro atoms. The van der Waals surface area contributed by atoms with Crippen LogP contribution in [0.4, 0.5) is 4.39 Å². The second-order valence-electron chi connectivity index (χ2n) is 3.70. The lowest BCUT2D eigenvalue weighted by molar-refractivity contribution is -0.147. The van der Waals surface area contributed by atoms with Crippen LogP contribution in [0, 0.1) is 11.7 Å². The molecule has 0 fully saturated rings. The quantitative estimate of drug-likeness (QED) is 0.888. The minimum Gasteiger partial charge on any atom is -0.478 e. The van der Waals surface area contributed by atoms with Gasteiger partial charge in [0.1, 0.15) is 0 Å². The van der Waals surface area contributed by atoms with E-state index in [-0.39, 0.29) is 16.7 Å². The maximum atomic E-state index is 13.3. The van der Waals surface area contributed by atoms with Crippen molar-refractivity contribution in [1.82, 2.24) is 0 Å². The number of hydrogen-bond acceptors (Lipinski definition) is 2. The molecule has 0 unspecified atom stereocenters. The van der Waals surface area contributed by atoms with Crippen LogP contribution in [0.3, 0.4) is 0 Å². The molecule has 0 radical (unpaired) electrons. The molecular weight excluding hydrogens is 235 g/mol. The Bertz CT molecular complexity index is 393. The van der Waals surface area contributed by atoms with Gasteiger partial charge in [0.05, 0.1) is 0 Å². The number of benzene rings is 1. The van der Waals surface area contributed by atoms with E-state index < -0.39 is 17.9 Å². The van der Waals surface area contributed by atoms with Gasteiger partial charge in [-0.25, -0.2) is 9.18 Å². The van der Waals surface area contributed by atoms with E-state index >= 15 is 0 Å². The average Bonchev–Trinajstić information content (AvgIpc) is 2.15. The molecule has 0 amide bonds. The summed E-state index contributed by atoms with van der Waals surface area (Å²) in [5.74, 6) is -2.15. The summed E-state index contributed by atoms with van der Waals surface area (Å²) in [6.07, 6.45) is -1.07. The van der Waals surface area contributed by atoms with E-state index in [1.54, 1.807) is 13.8 Å². The lowest BCUT2D eigenvalue weighted by atomic mass is 10.1. The van der Waals surface area contributed by atoms with Gasteiger partial charge in [-0.05, 0) is 18.2 Å². The number of carboxylic acid groups (broad SMARTS) is 1. The molecule has 0 aromatic heterocycles. The van der Waals surface area contributed by atoms with Crippen LogP contribution in [-0.2, 0) is 4.79 Å². The monoisotopic (exact) mass is 246 g/mol. The Labute approximate surface area is 97.8 Å². The number of halogens is 2. The fourth-order valence-electron chi connectivity index (χ4n) is 1.18. The van der Waals surface area contributed by atoms with Crippen LogP contribution in [0.25, 0.3) is 0 Å². The van der Waals surface area contributed by atoms with Gasteiger partial charge in [0, 0.05) is 10.9 Å². The van der Waals surface area contributed by atoms with E-state index in [1.165, 1.54) is 12.1 Å². The van der Waals surface area contributed by atoms with Crippen molar-refractivity contribution in [2.75, 3.05) is 0 Å². The molecular formula is C11H12ClFO3. The molecule has 0 aliphatic heterocycles. The van der Waals surface area contributed by atoms with E-state index in [0.717, 1.165) is 6.07 Å². The molecule has 1 atom stereocenters. The van der Waals surface area contributed by atoms with Gasteiger partial charge in [-0.15, -0.1) is 0 Å². The van der Waals surface area contributed by atoms with Crippen LogP contribution in [0.1, 0.15) is 13.8 Å². The van der Waals surface area contributed by atoms with Crippen LogP contribution in [-0.4, -0.2) is 17.2 Å². The maximum Gasteiger partial charge on any atom is 0.345 e. The minimum absolute atomic E-state index is 0.106. The molecule has 16 heavy (non-hydrogen) atoms. The number of ether oxygens (including phenoxy) is 1.